The SMILES string of the molecule is CC(C)C(NCc1ccc[nH]1)c1ccccc1. The van der Waals surface area contributed by atoms with Crippen LogP contribution in [0.1, 0.15) is 31.1 Å². The molecular weight excluding hydrogens is 208 g/mol. The van der Waals surface area contributed by atoms with Gasteiger partial charge in [-0.05, 0) is 23.6 Å². The van der Waals surface area contributed by atoms with Gasteiger partial charge in [0.2, 0.25) is 0 Å². The van der Waals surface area contributed by atoms with Crippen LogP contribution in [-0.4, -0.2) is 4.98 Å². The normalized spacial score (nSPS) is 12.9. The zero-order valence-electron chi connectivity index (χ0n) is 10.5. The van der Waals surface area contributed by atoms with E-state index in [1.165, 1.54) is 11.3 Å². The van der Waals surface area contributed by atoms with Crippen molar-refractivity contribution in [3.8, 4) is 0 Å². The second kappa shape index (κ2) is 5.69. The molecule has 0 spiro atoms. The van der Waals surface area contributed by atoms with Crippen molar-refractivity contribution >= 4 is 0 Å². The quantitative estimate of drug-likeness (QED) is 0.805. The number of aromatic nitrogens is 1. The first-order valence-electron chi connectivity index (χ1n) is 6.18. The van der Waals surface area contributed by atoms with Gasteiger partial charge in [-0.2, -0.15) is 0 Å². The van der Waals surface area contributed by atoms with E-state index in [-0.39, 0.29) is 0 Å². The predicted octanol–water partition coefficient (Wildman–Crippen LogP) is 3.50. The molecule has 1 aromatic carbocycles. The van der Waals surface area contributed by atoms with E-state index in [4.69, 9.17) is 0 Å². The molecule has 1 atom stereocenters. The summed E-state index contributed by atoms with van der Waals surface area (Å²) in [6.07, 6.45) is 1.96. The first-order valence-corrected chi connectivity index (χ1v) is 6.18. The van der Waals surface area contributed by atoms with Gasteiger partial charge in [0.15, 0.2) is 0 Å². The molecule has 0 aliphatic rings. The third kappa shape index (κ3) is 3.21. The van der Waals surface area contributed by atoms with E-state index >= 15 is 0 Å². The monoisotopic (exact) mass is 228 g/mol. The molecule has 2 rings (SSSR count). The van der Waals surface area contributed by atoms with Crippen molar-refractivity contribution < 1.29 is 0 Å². The summed E-state index contributed by atoms with van der Waals surface area (Å²) in [6, 6.07) is 15.2. The van der Waals surface area contributed by atoms with Gasteiger partial charge in [-0.1, -0.05) is 44.2 Å². The number of nitrogens with one attached hydrogen (secondary N) is 2. The average Bonchev–Trinajstić information content (AvgIpc) is 2.83. The molecule has 2 heteroatoms. The first kappa shape index (κ1) is 11.9. The molecule has 2 N–H and O–H groups in total. The lowest BCUT2D eigenvalue weighted by Crippen LogP contribution is -2.25. The Hall–Kier alpha value is -1.54. The lowest BCUT2D eigenvalue weighted by molar-refractivity contribution is 0.409. The van der Waals surface area contributed by atoms with Crippen molar-refractivity contribution in [3.05, 3.63) is 59.9 Å². The van der Waals surface area contributed by atoms with Crippen molar-refractivity contribution in [3.63, 3.8) is 0 Å². The zero-order valence-corrected chi connectivity index (χ0v) is 10.5. The van der Waals surface area contributed by atoms with Crippen LogP contribution in [-0.2, 0) is 6.54 Å². The van der Waals surface area contributed by atoms with Gasteiger partial charge < -0.3 is 10.3 Å². The molecule has 1 unspecified atom stereocenters. The summed E-state index contributed by atoms with van der Waals surface area (Å²) in [6.45, 7) is 5.38. The summed E-state index contributed by atoms with van der Waals surface area (Å²) in [5.74, 6) is 0.576. The van der Waals surface area contributed by atoms with Gasteiger partial charge in [0, 0.05) is 24.5 Å². The summed E-state index contributed by atoms with van der Waals surface area (Å²) in [7, 11) is 0. The van der Waals surface area contributed by atoms with E-state index in [1.54, 1.807) is 0 Å². The summed E-state index contributed by atoms with van der Waals surface area (Å²) in [5.41, 5.74) is 2.58. The number of hydrogen-bond donors (Lipinski definition) is 2. The molecule has 0 bridgehead atoms. The smallest absolute Gasteiger partial charge is 0.0362 e. The maximum atomic E-state index is 3.61. The fraction of sp³-hybridized carbons (Fsp3) is 0.333. The predicted molar refractivity (Wildman–Crippen MR) is 71.7 cm³/mol. The van der Waals surface area contributed by atoms with Crippen LogP contribution in [0.25, 0.3) is 0 Å². The lowest BCUT2D eigenvalue weighted by Gasteiger charge is -2.22. The van der Waals surface area contributed by atoms with Gasteiger partial charge in [-0.25, -0.2) is 0 Å². The van der Waals surface area contributed by atoms with Crippen LogP contribution >= 0.6 is 0 Å². The minimum absolute atomic E-state index is 0.402. The van der Waals surface area contributed by atoms with Crippen LogP contribution in [0.15, 0.2) is 48.7 Å². The van der Waals surface area contributed by atoms with Gasteiger partial charge in [0.05, 0.1) is 0 Å². The van der Waals surface area contributed by atoms with Crippen molar-refractivity contribution in [2.75, 3.05) is 0 Å². The Morgan fingerprint density at radius 2 is 1.82 bits per heavy atom. The van der Waals surface area contributed by atoms with Gasteiger partial charge in [0.1, 0.15) is 0 Å². The molecule has 90 valence electrons. The molecule has 0 aliphatic carbocycles. The van der Waals surface area contributed by atoms with Crippen LogP contribution in [0.2, 0.25) is 0 Å². The lowest BCUT2D eigenvalue weighted by atomic mass is 9.96. The van der Waals surface area contributed by atoms with Crippen LogP contribution < -0.4 is 5.32 Å². The number of aromatic amines is 1. The maximum Gasteiger partial charge on any atom is 0.0362 e. The second-order valence-corrected chi connectivity index (χ2v) is 4.71. The molecule has 0 fully saturated rings. The van der Waals surface area contributed by atoms with Crippen LogP contribution in [0.5, 0.6) is 0 Å². The molecule has 2 nitrogen and oxygen atoms in total. The molecule has 0 aliphatic heterocycles. The third-order valence-electron chi connectivity index (χ3n) is 3.00. The molecule has 1 aromatic heterocycles. The Kier molecular flexibility index (Phi) is 3.99. The van der Waals surface area contributed by atoms with Crippen LogP contribution in [0, 0.1) is 5.92 Å². The highest BCUT2D eigenvalue weighted by atomic mass is 14.9. The summed E-state index contributed by atoms with van der Waals surface area (Å²) >= 11 is 0. The van der Waals surface area contributed by atoms with Crippen LogP contribution in [0.3, 0.4) is 0 Å². The minimum atomic E-state index is 0.402. The molecule has 0 saturated heterocycles. The van der Waals surface area contributed by atoms with E-state index in [9.17, 15) is 0 Å². The van der Waals surface area contributed by atoms with Crippen LogP contribution in [0.4, 0.5) is 0 Å². The molecule has 0 saturated carbocycles. The minimum Gasteiger partial charge on any atom is -0.364 e. The number of benzene rings is 1. The zero-order chi connectivity index (χ0) is 12.1. The highest BCUT2D eigenvalue weighted by molar-refractivity contribution is 5.19. The fourth-order valence-corrected chi connectivity index (χ4v) is 2.10. The second-order valence-electron chi connectivity index (χ2n) is 4.71. The van der Waals surface area contributed by atoms with E-state index < -0.39 is 0 Å². The highest BCUT2D eigenvalue weighted by Gasteiger charge is 2.14. The largest absolute Gasteiger partial charge is 0.364 e. The van der Waals surface area contributed by atoms with Crippen molar-refractivity contribution in [1.29, 1.82) is 0 Å². The Balaban J connectivity index is 2.03. The Labute approximate surface area is 103 Å². The van der Waals surface area contributed by atoms with E-state index in [0.717, 1.165) is 6.54 Å². The molecule has 17 heavy (non-hydrogen) atoms. The third-order valence-corrected chi connectivity index (χ3v) is 3.00. The van der Waals surface area contributed by atoms with Gasteiger partial charge in [-0.15, -0.1) is 0 Å². The van der Waals surface area contributed by atoms with E-state index in [1.807, 2.05) is 12.3 Å². The Morgan fingerprint density at radius 1 is 1.06 bits per heavy atom. The van der Waals surface area contributed by atoms with Crippen molar-refractivity contribution in [2.24, 2.45) is 5.92 Å². The summed E-state index contributed by atoms with van der Waals surface area (Å²) in [5, 5.41) is 3.61. The van der Waals surface area contributed by atoms with E-state index in [2.05, 4.69) is 60.5 Å². The summed E-state index contributed by atoms with van der Waals surface area (Å²) in [4.78, 5) is 3.22. The number of hydrogen-bond acceptors (Lipinski definition) is 1. The maximum absolute atomic E-state index is 3.61. The standard InChI is InChI=1S/C15H20N2/c1-12(2)15(13-7-4-3-5-8-13)17-11-14-9-6-10-16-14/h3-10,12,15-17H,11H2,1-2H3. The van der Waals surface area contributed by atoms with Gasteiger partial charge in [-0.3, -0.25) is 0 Å². The topological polar surface area (TPSA) is 27.8 Å². The highest BCUT2D eigenvalue weighted by Crippen LogP contribution is 2.21. The van der Waals surface area contributed by atoms with E-state index in [0.29, 0.717) is 12.0 Å². The molecular formula is C15H20N2. The fourth-order valence-electron chi connectivity index (χ4n) is 2.10. The van der Waals surface area contributed by atoms with Crippen molar-refractivity contribution in [2.45, 2.75) is 26.4 Å². The van der Waals surface area contributed by atoms with Gasteiger partial charge in [0.25, 0.3) is 0 Å². The molecule has 1 heterocycles. The average molecular weight is 228 g/mol. The molecule has 0 amide bonds. The summed E-state index contributed by atoms with van der Waals surface area (Å²) < 4.78 is 0. The molecule has 2 aromatic rings. The van der Waals surface area contributed by atoms with Crippen molar-refractivity contribution in [1.82, 2.24) is 10.3 Å². The Morgan fingerprint density at radius 3 is 2.41 bits per heavy atom. The molecule has 0 radical (unpaired) electrons. The number of H-pyrrole nitrogens is 1. The Bertz CT molecular complexity index is 417. The number of rotatable bonds is 5. The first-order chi connectivity index (χ1) is 8.27. The van der Waals surface area contributed by atoms with Gasteiger partial charge >= 0.3 is 0 Å².